The van der Waals surface area contributed by atoms with Gasteiger partial charge in [-0.15, -0.1) is 0 Å². The summed E-state index contributed by atoms with van der Waals surface area (Å²) in [5.41, 5.74) is 10.8. The van der Waals surface area contributed by atoms with Gasteiger partial charge in [0.2, 0.25) is 5.88 Å². The van der Waals surface area contributed by atoms with Crippen LogP contribution in [0.15, 0.2) is 85.3 Å². The Bertz CT molecular complexity index is 1720. The standard InChI is InChI=1S/C38H45N5O4/c1-26(43(24-31-16-20-45-31)35-21-29(11-12-33(35)39)37(44)47-38(2,3)4)23-42-18-14-28(15-19-42)34-9-6-10-36(41-34)46-25-30-8-5-7-27-13-17-40-22-32(27)30/h5-13,17,21-22,28,31H,1,14-16,18-20,23-25,39H2,2-4H3/t31-/m0/s1. The fourth-order valence-electron chi connectivity index (χ4n) is 6.19. The molecule has 2 saturated heterocycles. The average Bonchev–Trinajstić information content (AvgIpc) is 3.03. The van der Waals surface area contributed by atoms with Crippen LogP contribution in [-0.2, 0) is 16.1 Å². The second-order valence-electron chi connectivity index (χ2n) is 13.5. The lowest BCUT2D eigenvalue weighted by atomic mass is 9.93. The number of benzene rings is 2. The number of pyridine rings is 2. The zero-order chi connectivity index (χ0) is 33.0. The highest BCUT2D eigenvalue weighted by atomic mass is 16.6. The Hall–Kier alpha value is -4.47. The van der Waals surface area contributed by atoms with Crippen molar-refractivity contribution in [3.63, 3.8) is 0 Å². The molecule has 47 heavy (non-hydrogen) atoms. The van der Waals surface area contributed by atoms with E-state index in [1.807, 2.05) is 63.5 Å². The number of anilines is 2. The minimum absolute atomic E-state index is 0.0971. The van der Waals surface area contributed by atoms with Crippen molar-refractivity contribution in [1.29, 1.82) is 0 Å². The van der Waals surface area contributed by atoms with Crippen LogP contribution in [0, 0.1) is 0 Å². The first kappa shape index (κ1) is 32.5. The molecule has 9 nitrogen and oxygen atoms in total. The van der Waals surface area contributed by atoms with Crippen molar-refractivity contribution >= 4 is 28.1 Å². The summed E-state index contributed by atoms with van der Waals surface area (Å²) in [6.45, 7) is 14.4. The van der Waals surface area contributed by atoms with E-state index in [-0.39, 0.29) is 12.1 Å². The molecule has 2 aliphatic rings. The molecule has 2 fully saturated rings. The van der Waals surface area contributed by atoms with Crippen LogP contribution in [0.5, 0.6) is 5.88 Å². The molecular formula is C38H45N5O4. The summed E-state index contributed by atoms with van der Waals surface area (Å²) < 4.78 is 17.6. The van der Waals surface area contributed by atoms with Crippen molar-refractivity contribution in [3.05, 3.63) is 102 Å². The van der Waals surface area contributed by atoms with Crippen molar-refractivity contribution in [2.24, 2.45) is 0 Å². The monoisotopic (exact) mass is 635 g/mol. The van der Waals surface area contributed by atoms with Gasteiger partial charge in [-0.2, -0.15) is 0 Å². The number of likely N-dealkylation sites (tertiary alicyclic amines) is 1. The molecule has 0 radical (unpaired) electrons. The summed E-state index contributed by atoms with van der Waals surface area (Å²) in [6.07, 6.45) is 6.75. The quantitative estimate of drug-likeness (QED) is 0.142. The highest BCUT2D eigenvalue weighted by Crippen LogP contribution is 2.33. The van der Waals surface area contributed by atoms with E-state index in [0.29, 0.717) is 42.7 Å². The van der Waals surface area contributed by atoms with Gasteiger partial charge >= 0.3 is 5.97 Å². The number of hydrogen-bond donors (Lipinski definition) is 1. The molecule has 0 saturated carbocycles. The molecule has 2 aliphatic heterocycles. The van der Waals surface area contributed by atoms with Crippen LogP contribution in [0.1, 0.15) is 67.6 Å². The van der Waals surface area contributed by atoms with E-state index in [9.17, 15) is 4.79 Å². The van der Waals surface area contributed by atoms with Gasteiger partial charge in [-0.3, -0.25) is 9.88 Å². The molecule has 1 atom stereocenters. The molecule has 0 spiro atoms. The van der Waals surface area contributed by atoms with Crippen molar-refractivity contribution in [1.82, 2.24) is 14.9 Å². The maximum atomic E-state index is 12.9. The van der Waals surface area contributed by atoms with Gasteiger partial charge in [0.25, 0.3) is 0 Å². The summed E-state index contributed by atoms with van der Waals surface area (Å²) in [4.78, 5) is 26.6. The Morgan fingerprint density at radius 1 is 1.09 bits per heavy atom. The van der Waals surface area contributed by atoms with E-state index in [0.717, 1.165) is 72.4 Å². The van der Waals surface area contributed by atoms with Crippen LogP contribution in [0.2, 0.25) is 0 Å². The fourth-order valence-corrected chi connectivity index (χ4v) is 6.19. The average molecular weight is 636 g/mol. The Kier molecular flexibility index (Phi) is 9.75. The number of carbonyl (C=O) groups excluding carboxylic acids is 1. The van der Waals surface area contributed by atoms with E-state index in [1.165, 1.54) is 0 Å². The first-order valence-electron chi connectivity index (χ1n) is 16.5. The number of carbonyl (C=O) groups is 1. The third-order valence-corrected chi connectivity index (χ3v) is 8.82. The molecule has 246 valence electrons. The summed E-state index contributed by atoms with van der Waals surface area (Å²) in [5, 5.41) is 2.24. The van der Waals surface area contributed by atoms with Gasteiger partial charge in [-0.05, 0) is 94.4 Å². The maximum absolute atomic E-state index is 12.9. The number of hydrogen-bond acceptors (Lipinski definition) is 9. The van der Waals surface area contributed by atoms with E-state index < -0.39 is 5.60 Å². The third kappa shape index (κ3) is 8.10. The number of nitrogens with two attached hydrogens (primary N) is 1. The molecular weight excluding hydrogens is 590 g/mol. The summed E-state index contributed by atoms with van der Waals surface area (Å²) in [5.74, 6) is 0.616. The topological polar surface area (TPSA) is 103 Å². The molecule has 0 unspecified atom stereocenters. The summed E-state index contributed by atoms with van der Waals surface area (Å²) in [6, 6.07) is 19.6. The van der Waals surface area contributed by atoms with Gasteiger partial charge in [0.15, 0.2) is 0 Å². The van der Waals surface area contributed by atoms with Gasteiger partial charge in [0.1, 0.15) is 12.2 Å². The molecule has 0 aliphatic carbocycles. The van der Waals surface area contributed by atoms with Crippen molar-refractivity contribution in [2.75, 3.05) is 43.4 Å². The van der Waals surface area contributed by atoms with E-state index in [2.05, 4.69) is 39.6 Å². The second-order valence-corrected chi connectivity index (χ2v) is 13.5. The van der Waals surface area contributed by atoms with Gasteiger partial charge in [0.05, 0.1) is 23.0 Å². The largest absolute Gasteiger partial charge is 0.473 e. The Labute approximate surface area is 277 Å². The van der Waals surface area contributed by atoms with Crippen LogP contribution in [-0.4, -0.2) is 65.3 Å². The lowest BCUT2D eigenvalue weighted by Gasteiger charge is -2.38. The van der Waals surface area contributed by atoms with E-state index in [4.69, 9.17) is 24.9 Å². The van der Waals surface area contributed by atoms with Crippen molar-refractivity contribution in [3.8, 4) is 5.88 Å². The van der Waals surface area contributed by atoms with Gasteiger partial charge in [0, 0.05) is 60.9 Å². The fraction of sp³-hybridized carbons (Fsp3) is 0.395. The molecule has 4 aromatic rings. The summed E-state index contributed by atoms with van der Waals surface area (Å²) in [7, 11) is 0. The highest BCUT2D eigenvalue weighted by molar-refractivity contribution is 5.92. The summed E-state index contributed by atoms with van der Waals surface area (Å²) >= 11 is 0. The van der Waals surface area contributed by atoms with Crippen LogP contribution < -0.4 is 15.4 Å². The molecule has 2 N–H and O–H groups in total. The van der Waals surface area contributed by atoms with Gasteiger partial charge in [-0.1, -0.05) is 30.8 Å². The van der Waals surface area contributed by atoms with E-state index >= 15 is 0 Å². The van der Waals surface area contributed by atoms with Gasteiger partial charge in [-0.25, -0.2) is 9.78 Å². The zero-order valence-electron chi connectivity index (χ0n) is 27.7. The van der Waals surface area contributed by atoms with Crippen LogP contribution in [0.25, 0.3) is 10.8 Å². The van der Waals surface area contributed by atoms with Gasteiger partial charge < -0.3 is 24.8 Å². The molecule has 2 aromatic carbocycles. The van der Waals surface area contributed by atoms with Crippen molar-refractivity contribution < 1.29 is 19.0 Å². The molecule has 0 amide bonds. The first-order chi connectivity index (χ1) is 22.6. The zero-order valence-corrected chi connectivity index (χ0v) is 27.7. The predicted octanol–water partition coefficient (Wildman–Crippen LogP) is 6.73. The molecule has 4 heterocycles. The minimum atomic E-state index is -0.590. The molecule has 0 bridgehead atoms. The minimum Gasteiger partial charge on any atom is -0.473 e. The molecule has 6 rings (SSSR count). The number of nitrogens with zero attached hydrogens (tertiary/aromatic N) is 4. The predicted molar refractivity (Wildman–Crippen MR) is 186 cm³/mol. The second kappa shape index (κ2) is 14.1. The Morgan fingerprint density at radius 2 is 1.87 bits per heavy atom. The number of esters is 1. The molecule has 9 heteroatoms. The third-order valence-electron chi connectivity index (χ3n) is 8.82. The number of aromatic nitrogens is 2. The van der Waals surface area contributed by atoms with Crippen molar-refractivity contribution in [2.45, 2.75) is 64.3 Å². The first-order valence-corrected chi connectivity index (χ1v) is 16.5. The number of piperidine rings is 1. The normalized spacial score (nSPS) is 17.2. The smallest absolute Gasteiger partial charge is 0.338 e. The maximum Gasteiger partial charge on any atom is 0.338 e. The SMILES string of the molecule is C=C(CN1CCC(c2cccc(OCc3cccc4ccncc34)n2)CC1)N(C[C@@H]1CCO1)c1cc(C(=O)OC(C)(C)C)ccc1N. The lowest BCUT2D eigenvalue weighted by molar-refractivity contribution is -0.0439. The number of rotatable bonds is 11. The Balaban J connectivity index is 1.08. The highest BCUT2D eigenvalue weighted by Gasteiger charge is 2.28. The van der Waals surface area contributed by atoms with E-state index in [1.54, 1.807) is 12.1 Å². The van der Waals surface area contributed by atoms with Crippen LogP contribution in [0.3, 0.4) is 0 Å². The Morgan fingerprint density at radius 3 is 2.62 bits per heavy atom. The van der Waals surface area contributed by atoms with Crippen LogP contribution in [0.4, 0.5) is 11.4 Å². The lowest BCUT2D eigenvalue weighted by Crippen LogP contribution is -2.43. The number of nitrogen functional groups attached to an aromatic ring is 1. The molecule has 2 aromatic heterocycles. The number of fused-ring (bicyclic) bond motifs is 1. The van der Waals surface area contributed by atoms with Crippen LogP contribution >= 0.6 is 0 Å². The number of ether oxygens (including phenoxy) is 3.